The Labute approximate surface area is 81.0 Å². The Morgan fingerprint density at radius 2 is 1.77 bits per heavy atom. The summed E-state index contributed by atoms with van der Waals surface area (Å²) in [6.07, 6.45) is 8.03. The molecule has 1 N–H and O–H groups in total. The quantitative estimate of drug-likeness (QED) is 0.637. The first-order valence-corrected chi connectivity index (χ1v) is 5.25. The topological polar surface area (TPSA) is 17.0 Å². The maximum absolute atomic E-state index is 3.44. The Hall–Kier alpha value is -0.760. The smallest absolute Gasteiger partial charge is 0.0231 e. The Kier molecular flexibility index (Phi) is 5.34. The summed E-state index contributed by atoms with van der Waals surface area (Å²) >= 11 is 0. The van der Waals surface area contributed by atoms with Crippen molar-refractivity contribution in [3.8, 4) is 0 Å². The molecule has 1 aromatic heterocycles. The molecule has 0 aromatic carbocycles. The van der Waals surface area contributed by atoms with Crippen LogP contribution in [0.1, 0.15) is 26.2 Å². The highest BCUT2D eigenvalue weighted by molar-refractivity contribution is 4.89. The molecule has 0 spiro atoms. The van der Waals surface area contributed by atoms with E-state index in [9.17, 15) is 0 Å². The lowest BCUT2D eigenvalue weighted by Crippen LogP contribution is -2.17. The SMILES string of the molecule is CCCCNCCCn1cccc1. The van der Waals surface area contributed by atoms with E-state index in [2.05, 4.69) is 41.3 Å². The predicted molar refractivity (Wildman–Crippen MR) is 56.8 cm³/mol. The van der Waals surface area contributed by atoms with Crippen molar-refractivity contribution in [1.29, 1.82) is 0 Å². The van der Waals surface area contributed by atoms with Crippen molar-refractivity contribution in [3.63, 3.8) is 0 Å². The maximum atomic E-state index is 3.44. The lowest BCUT2D eigenvalue weighted by Gasteiger charge is -2.04. The highest BCUT2D eigenvalue weighted by Gasteiger charge is 1.89. The van der Waals surface area contributed by atoms with Crippen molar-refractivity contribution in [2.75, 3.05) is 13.1 Å². The molecule has 0 atom stereocenters. The largest absolute Gasteiger partial charge is 0.354 e. The summed E-state index contributed by atoms with van der Waals surface area (Å²) in [5, 5.41) is 3.44. The second-order valence-corrected chi connectivity index (χ2v) is 3.38. The Bertz CT molecular complexity index is 192. The molecule has 74 valence electrons. The average Bonchev–Trinajstić information content (AvgIpc) is 2.63. The number of hydrogen-bond acceptors (Lipinski definition) is 1. The number of rotatable bonds is 7. The summed E-state index contributed by atoms with van der Waals surface area (Å²) in [7, 11) is 0. The van der Waals surface area contributed by atoms with Gasteiger partial charge in [0.2, 0.25) is 0 Å². The van der Waals surface area contributed by atoms with Crippen molar-refractivity contribution in [2.45, 2.75) is 32.7 Å². The van der Waals surface area contributed by atoms with Gasteiger partial charge in [-0.15, -0.1) is 0 Å². The zero-order valence-electron chi connectivity index (χ0n) is 8.50. The van der Waals surface area contributed by atoms with Gasteiger partial charge in [0.1, 0.15) is 0 Å². The first-order chi connectivity index (χ1) is 6.43. The van der Waals surface area contributed by atoms with E-state index < -0.39 is 0 Å². The van der Waals surface area contributed by atoms with Crippen molar-refractivity contribution in [3.05, 3.63) is 24.5 Å². The van der Waals surface area contributed by atoms with E-state index in [1.54, 1.807) is 0 Å². The van der Waals surface area contributed by atoms with Crippen LogP contribution in [0.5, 0.6) is 0 Å². The van der Waals surface area contributed by atoms with Gasteiger partial charge in [0.15, 0.2) is 0 Å². The van der Waals surface area contributed by atoms with E-state index in [4.69, 9.17) is 0 Å². The van der Waals surface area contributed by atoms with E-state index in [0.717, 1.165) is 13.1 Å². The van der Waals surface area contributed by atoms with Crippen molar-refractivity contribution >= 4 is 0 Å². The number of hydrogen-bond donors (Lipinski definition) is 1. The summed E-state index contributed by atoms with van der Waals surface area (Å²) in [4.78, 5) is 0. The second kappa shape index (κ2) is 6.72. The van der Waals surface area contributed by atoms with Crippen LogP contribution in [0.4, 0.5) is 0 Å². The molecule has 1 aromatic rings. The third kappa shape index (κ3) is 4.73. The van der Waals surface area contributed by atoms with Gasteiger partial charge in [-0.3, -0.25) is 0 Å². The molecule has 13 heavy (non-hydrogen) atoms. The van der Waals surface area contributed by atoms with Crippen molar-refractivity contribution < 1.29 is 0 Å². The molecular weight excluding hydrogens is 160 g/mol. The Morgan fingerprint density at radius 1 is 1.08 bits per heavy atom. The maximum Gasteiger partial charge on any atom is 0.0231 e. The van der Waals surface area contributed by atoms with Crippen molar-refractivity contribution in [1.82, 2.24) is 9.88 Å². The number of nitrogens with one attached hydrogen (secondary N) is 1. The monoisotopic (exact) mass is 180 g/mol. The minimum Gasteiger partial charge on any atom is -0.354 e. The van der Waals surface area contributed by atoms with Crippen LogP contribution in [0, 0.1) is 0 Å². The minimum atomic E-state index is 1.13. The molecule has 0 fully saturated rings. The fourth-order valence-corrected chi connectivity index (χ4v) is 1.33. The first-order valence-electron chi connectivity index (χ1n) is 5.25. The molecule has 0 aliphatic rings. The molecule has 1 heterocycles. The molecule has 0 saturated heterocycles. The van der Waals surface area contributed by atoms with Gasteiger partial charge in [-0.2, -0.15) is 0 Å². The molecule has 0 radical (unpaired) electrons. The fourth-order valence-electron chi connectivity index (χ4n) is 1.33. The van der Waals surface area contributed by atoms with Gasteiger partial charge in [-0.25, -0.2) is 0 Å². The summed E-state index contributed by atoms with van der Waals surface area (Å²) in [5.74, 6) is 0. The van der Waals surface area contributed by atoms with Crippen LogP contribution in [0.3, 0.4) is 0 Å². The number of aryl methyl sites for hydroxylation is 1. The van der Waals surface area contributed by atoms with E-state index in [1.807, 2.05) is 0 Å². The van der Waals surface area contributed by atoms with E-state index in [0.29, 0.717) is 0 Å². The molecule has 2 nitrogen and oxygen atoms in total. The van der Waals surface area contributed by atoms with Gasteiger partial charge in [-0.1, -0.05) is 13.3 Å². The van der Waals surface area contributed by atoms with Crippen LogP contribution in [0.15, 0.2) is 24.5 Å². The predicted octanol–water partition coefficient (Wildman–Crippen LogP) is 2.27. The highest BCUT2D eigenvalue weighted by Crippen LogP contribution is 1.92. The molecule has 0 aliphatic heterocycles. The molecule has 1 rings (SSSR count). The Morgan fingerprint density at radius 3 is 2.46 bits per heavy atom. The van der Waals surface area contributed by atoms with Crippen LogP contribution in [0.2, 0.25) is 0 Å². The van der Waals surface area contributed by atoms with Gasteiger partial charge >= 0.3 is 0 Å². The van der Waals surface area contributed by atoms with Crippen LogP contribution in [-0.2, 0) is 6.54 Å². The third-order valence-corrected chi connectivity index (χ3v) is 2.14. The highest BCUT2D eigenvalue weighted by atomic mass is 14.9. The second-order valence-electron chi connectivity index (χ2n) is 3.38. The van der Waals surface area contributed by atoms with Gasteiger partial charge in [0.05, 0.1) is 0 Å². The van der Waals surface area contributed by atoms with Crippen LogP contribution in [0.25, 0.3) is 0 Å². The van der Waals surface area contributed by atoms with Crippen molar-refractivity contribution in [2.24, 2.45) is 0 Å². The number of nitrogens with zero attached hydrogens (tertiary/aromatic N) is 1. The minimum absolute atomic E-state index is 1.13. The van der Waals surface area contributed by atoms with Crippen LogP contribution < -0.4 is 5.32 Å². The van der Waals surface area contributed by atoms with Gasteiger partial charge in [0, 0.05) is 18.9 Å². The van der Waals surface area contributed by atoms with Crippen LogP contribution in [-0.4, -0.2) is 17.7 Å². The Balaban J connectivity index is 1.90. The third-order valence-electron chi connectivity index (χ3n) is 2.14. The molecule has 0 unspecified atom stereocenters. The van der Waals surface area contributed by atoms with E-state index in [1.165, 1.54) is 25.8 Å². The average molecular weight is 180 g/mol. The first kappa shape index (κ1) is 10.3. The zero-order valence-corrected chi connectivity index (χ0v) is 8.50. The number of aromatic nitrogens is 1. The van der Waals surface area contributed by atoms with Gasteiger partial charge in [0.25, 0.3) is 0 Å². The number of unbranched alkanes of at least 4 members (excludes halogenated alkanes) is 1. The standard InChI is InChI=1S/C11H20N2/c1-2-3-7-12-8-6-11-13-9-4-5-10-13/h4-5,9-10,12H,2-3,6-8,11H2,1H3. The summed E-state index contributed by atoms with van der Waals surface area (Å²) in [6, 6.07) is 4.15. The molecule has 2 heteroatoms. The molecule has 0 amide bonds. The van der Waals surface area contributed by atoms with Gasteiger partial charge < -0.3 is 9.88 Å². The zero-order chi connectivity index (χ0) is 9.36. The molecule has 0 bridgehead atoms. The molecule has 0 aliphatic carbocycles. The van der Waals surface area contributed by atoms with Crippen LogP contribution >= 0.6 is 0 Å². The lowest BCUT2D eigenvalue weighted by molar-refractivity contribution is 0.570. The summed E-state index contributed by atoms with van der Waals surface area (Å²) in [5.41, 5.74) is 0. The fraction of sp³-hybridized carbons (Fsp3) is 0.636. The molecular formula is C11H20N2. The molecule has 0 saturated carbocycles. The van der Waals surface area contributed by atoms with E-state index >= 15 is 0 Å². The summed E-state index contributed by atoms with van der Waals surface area (Å²) < 4.78 is 2.22. The van der Waals surface area contributed by atoms with E-state index in [-0.39, 0.29) is 0 Å². The normalized spacial score (nSPS) is 10.5. The summed E-state index contributed by atoms with van der Waals surface area (Å²) in [6.45, 7) is 5.66. The lowest BCUT2D eigenvalue weighted by atomic mass is 10.3. The van der Waals surface area contributed by atoms with Gasteiger partial charge in [-0.05, 0) is 38.1 Å².